The lowest BCUT2D eigenvalue weighted by molar-refractivity contribution is 0.0656. The molecular formula is C10H21NO. The summed E-state index contributed by atoms with van der Waals surface area (Å²) >= 11 is 0. The van der Waals surface area contributed by atoms with Gasteiger partial charge in [0, 0.05) is 6.54 Å². The molecule has 0 bridgehead atoms. The van der Waals surface area contributed by atoms with Crippen LogP contribution in [0.1, 0.15) is 33.1 Å². The number of hydrogen-bond donors (Lipinski definition) is 1. The number of ether oxygens (including phenoxy) is 1. The molecule has 2 heteroatoms. The van der Waals surface area contributed by atoms with Crippen molar-refractivity contribution in [3.8, 4) is 0 Å². The van der Waals surface area contributed by atoms with Crippen molar-refractivity contribution in [2.75, 3.05) is 19.7 Å². The molecule has 1 atom stereocenters. The number of rotatable bonds is 7. The van der Waals surface area contributed by atoms with Crippen LogP contribution >= 0.6 is 0 Å². The first kappa shape index (κ1) is 10.0. The molecule has 1 saturated carbocycles. The predicted molar refractivity (Wildman–Crippen MR) is 51.3 cm³/mol. The second-order valence-corrected chi connectivity index (χ2v) is 3.74. The molecular weight excluding hydrogens is 150 g/mol. The molecule has 0 aromatic carbocycles. The van der Waals surface area contributed by atoms with Gasteiger partial charge in [-0.05, 0) is 38.6 Å². The maximum absolute atomic E-state index is 5.53. The molecule has 0 amide bonds. The molecule has 0 aromatic rings. The first-order valence-corrected chi connectivity index (χ1v) is 5.15. The first-order chi connectivity index (χ1) is 5.83. The van der Waals surface area contributed by atoms with Crippen LogP contribution in [0, 0.1) is 5.92 Å². The van der Waals surface area contributed by atoms with Gasteiger partial charge in [-0.2, -0.15) is 0 Å². The molecule has 0 aliphatic heterocycles. The van der Waals surface area contributed by atoms with Gasteiger partial charge in [0.2, 0.25) is 0 Å². The summed E-state index contributed by atoms with van der Waals surface area (Å²) in [5, 5.41) is 3.40. The summed E-state index contributed by atoms with van der Waals surface area (Å²) < 4.78 is 5.53. The quantitative estimate of drug-likeness (QED) is 0.590. The molecule has 72 valence electrons. The van der Waals surface area contributed by atoms with Gasteiger partial charge in [-0.1, -0.05) is 6.92 Å². The Balaban J connectivity index is 1.75. The Morgan fingerprint density at radius 3 is 2.83 bits per heavy atom. The Morgan fingerprint density at radius 2 is 2.25 bits per heavy atom. The van der Waals surface area contributed by atoms with Crippen LogP contribution in [0.3, 0.4) is 0 Å². The van der Waals surface area contributed by atoms with E-state index in [1.54, 1.807) is 0 Å². The van der Waals surface area contributed by atoms with E-state index in [1.165, 1.54) is 19.4 Å². The third-order valence-corrected chi connectivity index (χ3v) is 2.39. The van der Waals surface area contributed by atoms with E-state index in [1.807, 2.05) is 0 Å². The summed E-state index contributed by atoms with van der Waals surface area (Å²) in [6.07, 6.45) is 4.40. The summed E-state index contributed by atoms with van der Waals surface area (Å²) in [5.74, 6) is 0.980. The van der Waals surface area contributed by atoms with E-state index in [4.69, 9.17) is 4.74 Å². The molecule has 1 unspecified atom stereocenters. The van der Waals surface area contributed by atoms with Gasteiger partial charge < -0.3 is 10.1 Å². The van der Waals surface area contributed by atoms with E-state index in [9.17, 15) is 0 Å². The van der Waals surface area contributed by atoms with Crippen LogP contribution in [0.25, 0.3) is 0 Å². The molecule has 0 aromatic heterocycles. The molecule has 1 N–H and O–H groups in total. The van der Waals surface area contributed by atoms with Crippen molar-refractivity contribution in [2.45, 2.75) is 39.2 Å². The molecule has 1 fully saturated rings. The minimum absolute atomic E-state index is 0.424. The zero-order valence-electron chi connectivity index (χ0n) is 8.31. The maximum Gasteiger partial charge on any atom is 0.0594 e. The second-order valence-electron chi connectivity index (χ2n) is 3.74. The van der Waals surface area contributed by atoms with E-state index in [2.05, 4.69) is 19.2 Å². The van der Waals surface area contributed by atoms with Gasteiger partial charge in [0.1, 0.15) is 0 Å². The maximum atomic E-state index is 5.53. The fourth-order valence-corrected chi connectivity index (χ4v) is 1.08. The van der Waals surface area contributed by atoms with Crippen molar-refractivity contribution in [1.29, 1.82) is 0 Å². The highest BCUT2D eigenvalue weighted by Gasteiger charge is 2.19. The molecule has 0 radical (unpaired) electrons. The van der Waals surface area contributed by atoms with E-state index >= 15 is 0 Å². The van der Waals surface area contributed by atoms with E-state index in [0.29, 0.717) is 6.10 Å². The minimum atomic E-state index is 0.424. The summed E-state index contributed by atoms with van der Waals surface area (Å²) in [6.45, 7) is 7.36. The third-order valence-electron chi connectivity index (χ3n) is 2.39. The van der Waals surface area contributed by atoms with Crippen LogP contribution < -0.4 is 5.32 Å². The molecule has 12 heavy (non-hydrogen) atoms. The van der Waals surface area contributed by atoms with Crippen molar-refractivity contribution < 1.29 is 4.74 Å². The van der Waals surface area contributed by atoms with Crippen molar-refractivity contribution in [2.24, 2.45) is 5.92 Å². The average molecular weight is 171 g/mol. The highest BCUT2D eigenvalue weighted by atomic mass is 16.5. The summed E-state index contributed by atoms with van der Waals surface area (Å²) in [4.78, 5) is 0. The van der Waals surface area contributed by atoms with E-state index < -0.39 is 0 Å². The van der Waals surface area contributed by atoms with E-state index in [-0.39, 0.29) is 0 Å². The van der Waals surface area contributed by atoms with Gasteiger partial charge in [-0.15, -0.1) is 0 Å². The molecule has 1 aliphatic rings. The molecule has 0 spiro atoms. The Labute approximate surface area is 75.7 Å². The molecule has 0 saturated heterocycles. The summed E-state index contributed by atoms with van der Waals surface area (Å²) in [6, 6.07) is 0. The van der Waals surface area contributed by atoms with Crippen LogP contribution in [0.15, 0.2) is 0 Å². The molecule has 1 aliphatic carbocycles. The predicted octanol–water partition coefficient (Wildman–Crippen LogP) is 1.80. The fraction of sp³-hybridized carbons (Fsp3) is 1.00. The van der Waals surface area contributed by atoms with Crippen LogP contribution in [-0.2, 0) is 4.74 Å². The molecule has 1 rings (SSSR count). The number of hydrogen-bond acceptors (Lipinski definition) is 2. The topological polar surface area (TPSA) is 21.3 Å². The normalized spacial score (nSPS) is 19.5. The van der Waals surface area contributed by atoms with Gasteiger partial charge in [-0.25, -0.2) is 0 Å². The Hall–Kier alpha value is -0.0800. The fourth-order valence-electron chi connectivity index (χ4n) is 1.08. The highest BCUT2D eigenvalue weighted by molar-refractivity contribution is 4.74. The van der Waals surface area contributed by atoms with Crippen molar-refractivity contribution >= 4 is 0 Å². The van der Waals surface area contributed by atoms with Gasteiger partial charge in [0.15, 0.2) is 0 Å². The van der Waals surface area contributed by atoms with Crippen molar-refractivity contribution in [3.63, 3.8) is 0 Å². The summed E-state index contributed by atoms with van der Waals surface area (Å²) in [5.41, 5.74) is 0. The van der Waals surface area contributed by atoms with E-state index in [0.717, 1.165) is 25.5 Å². The monoisotopic (exact) mass is 171 g/mol. The molecule has 2 nitrogen and oxygen atoms in total. The van der Waals surface area contributed by atoms with Crippen LogP contribution in [-0.4, -0.2) is 25.8 Å². The highest BCUT2D eigenvalue weighted by Crippen LogP contribution is 2.27. The third kappa shape index (κ3) is 4.73. The Morgan fingerprint density at radius 1 is 1.50 bits per heavy atom. The van der Waals surface area contributed by atoms with Gasteiger partial charge in [0.25, 0.3) is 0 Å². The van der Waals surface area contributed by atoms with Crippen LogP contribution in [0.4, 0.5) is 0 Å². The SMILES string of the molecule is CCC(C)OCCNCC1CC1. The van der Waals surface area contributed by atoms with Gasteiger partial charge in [-0.3, -0.25) is 0 Å². The van der Waals surface area contributed by atoms with Crippen LogP contribution in [0.2, 0.25) is 0 Å². The number of nitrogens with one attached hydrogen (secondary N) is 1. The van der Waals surface area contributed by atoms with Crippen molar-refractivity contribution in [1.82, 2.24) is 5.32 Å². The zero-order chi connectivity index (χ0) is 8.81. The lowest BCUT2D eigenvalue weighted by atomic mass is 10.3. The van der Waals surface area contributed by atoms with Crippen LogP contribution in [0.5, 0.6) is 0 Å². The Kier molecular flexibility index (Phi) is 4.62. The zero-order valence-corrected chi connectivity index (χ0v) is 8.31. The average Bonchev–Trinajstić information content (AvgIpc) is 2.87. The lowest BCUT2D eigenvalue weighted by Crippen LogP contribution is -2.23. The van der Waals surface area contributed by atoms with Crippen molar-refractivity contribution in [3.05, 3.63) is 0 Å². The minimum Gasteiger partial charge on any atom is -0.377 e. The molecule has 0 heterocycles. The standard InChI is InChI=1S/C10H21NO/c1-3-9(2)12-7-6-11-8-10-4-5-10/h9-11H,3-8H2,1-2H3. The summed E-state index contributed by atoms with van der Waals surface area (Å²) in [7, 11) is 0. The Bertz CT molecular complexity index is 112. The lowest BCUT2D eigenvalue weighted by Gasteiger charge is -2.10. The van der Waals surface area contributed by atoms with Gasteiger partial charge in [0.05, 0.1) is 12.7 Å². The van der Waals surface area contributed by atoms with Gasteiger partial charge >= 0.3 is 0 Å². The smallest absolute Gasteiger partial charge is 0.0594 e. The largest absolute Gasteiger partial charge is 0.377 e. The second kappa shape index (κ2) is 5.55. The first-order valence-electron chi connectivity index (χ1n) is 5.15.